The molecule has 0 saturated heterocycles. The van der Waals surface area contributed by atoms with Crippen LogP contribution in [-0.4, -0.2) is 11.0 Å². The van der Waals surface area contributed by atoms with E-state index in [-0.39, 0.29) is 5.91 Å². The Bertz CT molecular complexity index is 622. The Labute approximate surface area is 130 Å². The van der Waals surface area contributed by atoms with Gasteiger partial charge in [-0.05, 0) is 36.5 Å². The average molecular weight is 353 g/mol. The van der Waals surface area contributed by atoms with E-state index < -0.39 is 0 Å². The fourth-order valence-corrected chi connectivity index (χ4v) is 2.09. The second-order valence-electron chi connectivity index (χ2n) is 4.14. The van der Waals surface area contributed by atoms with Crippen LogP contribution in [0, 0.1) is 0 Å². The first kappa shape index (κ1) is 14.7. The van der Waals surface area contributed by atoms with Crippen LogP contribution in [0.4, 0.5) is 0 Å². The zero-order valence-corrected chi connectivity index (χ0v) is 13.2. The topological polar surface area (TPSA) is 54.3 Å². The first-order valence-electron chi connectivity index (χ1n) is 5.94. The molecule has 0 aliphatic heterocycles. The number of benzene rings is 1. The average Bonchev–Trinajstić information content (AvgIpc) is 2.85. The van der Waals surface area contributed by atoms with Gasteiger partial charge in [0.05, 0.1) is 6.54 Å². The number of rotatable bonds is 3. The fraction of sp³-hybridized carbons (Fsp3) is 0.143. The van der Waals surface area contributed by atoms with Crippen molar-refractivity contribution in [3.8, 4) is 11.3 Å². The molecule has 2 aromatic rings. The van der Waals surface area contributed by atoms with Crippen LogP contribution in [0.5, 0.6) is 0 Å². The molecule has 0 aliphatic rings. The minimum atomic E-state index is -0.197. The number of thiocarbonyl (C=S) groups is 1. The maximum Gasteiger partial charge on any atom is 0.222 e. The number of amides is 1. The van der Waals surface area contributed by atoms with Gasteiger partial charge < -0.3 is 15.1 Å². The first-order valence-corrected chi connectivity index (χ1v) is 7.15. The van der Waals surface area contributed by atoms with E-state index in [1.165, 1.54) is 6.92 Å². The van der Waals surface area contributed by atoms with Gasteiger partial charge in [-0.3, -0.25) is 4.79 Å². The molecule has 0 saturated carbocycles. The van der Waals surface area contributed by atoms with Crippen molar-refractivity contribution in [3.63, 3.8) is 0 Å². The molecule has 0 spiro atoms. The largest absolute Gasteiger partial charge is 0.459 e. The SMILES string of the molecule is CC(=O)NC(=S)NCc1ccc(-c2ccc(Br)cc2)o1. The van der Waals surface area contributed by atoms with Crippen LogP contribution >= 0.6 is 28.1 Å². The molecular formula is C14H13BrN2O2S. The molecular weight excluding hydrogens is 340 g/mol. The minimum absolute atomic E-state index is 0.197. The van der Waals surface area contributed by atoms with Crippen molar-refractivity contribution in [2.75, 3.05) is 0 Å². The fourth-order valence-electron chi connectivity index (χ4n) is 1.61. The molecule has 0 aliphatic carbocycles. The summed E-state index contributed by atoms with van der Waals surface area (Å²) in [5, 5.41) is 5.69. The third kappa shape index (κ3) is 4.18. The van der Waals surface area contributed by atoms with Gasteiger partial charge in [-0.2, -0.15) is 0 Å². The normalized spacial score (nSPS) is 10.1. The Morgan fingerprint density at radius 3 is 2.60 bits per heavy atom. The van der Waals surface area contributed by atoms with E-state index in [0.717, 1.165) is 21.6 Å². The summed E-state index contributed by atoms with van der Waals surface area (Å²) in [6, 6.07) is 11.6. The molecule has 1 aromatic heterocycles. The number of hydrogen-bond acceptors (Lipinski definition) is 3. The van der Waals surface area contributed by atoms with Crippen LogP contribution in [0.25, 0.3) is 11.3 Å². The molecule has 20 heavy (non-hydrogen) atoms. The number of halogens is 1. The van der Waals surface area contributed by atoms with Crippen LogP contribution in [0.1, 0.15) is 12.7 Å². The van der Waals surface area contributed by atoms with Crippen molar-refractivity contribution in [3.05, 3.63) is 46.6 Å². The highest BCUT2D eigenvalue weighted by molar-refractivity contribution is 9.10. The summed E-state index contributed by atoms with van der Waals surface area (Å²) in [6.07, 6.45) is 0. The van der Waals surface area contributed by atoms with E-state index in [0.29, 0.717) is 11.7 Å². The summed E-state index contributed by atoms with van der Waals surface area (Å²) in [4.78, 5) is 10.8. The van der Waals surface area contributed by atoms with Gasteiger partial charge in [0.2, 0.25) is 5.91 Å². The Morgan fingerprint density at radius 2 is 1.95 bits per heavy atom. The standard InChI is InChI=1S/C14H13BrN2O2S/c1-9(18)17-14(20)16-8-12-6-7-13(19-12)10-2-4-11(15)5-3-10/h2-7H,8H2,1H3,(H2,16,17,18,20). The molecule has 0 fully saturated rings. The molecule has 6 heteroatoms. The smallest absolute Gasteiger partial charge is 0.222 e. The molecule has 104 valence electrons. The molecule has 0 bridgehead atoms. The highest BCUT2D eigenvalue weighted by Crippen LogP contribution is 2.23. The van der Waals surface area contributed by atoms with Gasteiger partial charge >= 0.3 is 0 Å². The number of hydrogen-bond donors (Lipinski definition) is 2. The molecule has 4 nitrogen and oxygen atoms in total. The van der Waals surface area contributed by atoms with Crippen molar-refractivity contribution in [1.82, 2.24) is 10.6 Å². The summed E-state index contributed by atoms with van der Waals surface area (Å²) in [5.41, 5.74) is 1.00. The second kappa shape index (κ2) is 6.67. The van der Waals surface area contributed by atoms with Gasteiger partial charge in [0.15, 0.2) is 5.11 Å². The van der Waals surface area contributed by atoms with Crippen LogP contribution in [0.2, 0.25) is 0 Å². The third-order valence-corrected chi connectivity index (χ3v) is 3.28. The zero-order chi connectivity index (χ0) is 14.5. The molecule has 1 amide bonds. The number of carbonyl (C=O) groups excluding carboxylic acids is 1. The Morgan fingerprint density at radius 1 is 1.25 bits per heavy atom. The van der Waals surface area contributed by atoms with E-state index in [1.54, 1.807) is 0 Å². The van der Waals surface area contributed by atoms with E-state index in [1.807, 2.05) is 36.4 Å². The lowest BCUT2D eigenvalue weighted by Crippen LogP contribution is -2.37. The Hall–Kier alpha value is -1.66. The second-order valence-corrected chi connectivity index (χ2v) is 5.46. The summed E-state index contributed by atoms with van der Waals surface area (Å²) >= 11 is 8.35. The van der Waals surface area contributed by atoms with E-state index >= 15 is 0 Å². The summed E-state index contributed by atoms with van der Waals surface area (Å²) in [7, 11) is 0. The van der Waals surface area contributed by atoms with Crippen molar-refractivity contribution in [2.45, 2.75) is 13.5 Å². The first-order chi connectivity index (χ1) is 9.54. The monoisotopic (exact) mass is 352 g/mol. The lowest BCUT2D eigenvalue weighted by Gasteiger charge is -2.05. The maximum absolute atomic E-state index is 10.8. The molecule has 0 atom stereocenters. The zero-order valence-electron chi connectivity index (χ0n) is 10.8. The molecule has 0 radical (unpaired) electrons. The Balaban J connectivity index is 1.97. The quantitative estimate of drug-likeness (QED) is 0.832. The van der Waals surface area contributed by atoms with E-state index in [4.69, 9.17) is 16.6 Å². The van der Waals surface area contributed by atoms with Gasteiger partial charge in [0.1, 0.15) is 11.5 Å². The van der Waals surface area contributed by atoms with Gasteiger partial charge in [0, 0.05) is 17.0 Å². The molecule has 2 rings (SSSR count). The van der Waals surface area contributed by atoms with Gasteiger partial charge in [-0.25, -0.2) is 0 Å². The summed E-state index contributed by atoms with van der Waals surface area (Å²) in [6.45, 7) is 1.84. The molecule has 2 N–H and O–H groups in total. The Kier molecular flexibility index (Phi) is 4.92. The van der Waals surface area contributed by atoms with Crippen molar-refractivity contribution in [2.24, 2.45) is 0 Å². The van der Waals surface area contributed by atoms with Crippen molar-refractivity contribution in [1.29, 1.82) is 0 Å². The summed E-state index contributed by atoms with van der Waals surface area (Å²) in [5.74, 6) is 1.34. The van der Waals surface area contributed by atoms with Gasteiger partial charge in [-0.1, -0.05) is 28.1 Å². The highest BCUT2D eigenvalue weighted by atomic mass is 79.9. The number of nitrogens with one attached hydrogen (secondary N) is 2. The van der Waals surface area contributed by atoms with Gasteiger partial charge in [-0.15, -0.1) is 0 Å². The van der Waals surface area contributed by atoms with Gasteiger partial charge in [0.25, 0.3) is 0 Å². The predicted molar refractivity (Wildman–Crippen MR) is 85.1 cm³/mol. The number of carbonyl (C=O) groups is 1. The molecule has 1 aromatic carbocycles. The van der Waals surface area contributed by atoms with E-state index in [2.05, 4.69) is 26.6 Å². The maximum atomic E-state index is 10.8. The van der Waals surface area contributed by atoms with Crippen molar-refractivity contribution >= 4 is 39.2 Å². The summed E-state index contributed by atoms with van der Waals surface area (Å²) < 4.78 is 6.74. The minimum Gasteiger partial charge on any atom is -0.459 e. The highest BCUT2D eigenvalue weighted by Gasteiger charge is 2.05. The lowest BCUT2D eigenvalue weighted by molar-refractivity contribution is -0.117. The van der Waals surface area contributed by atoms with Crippen LogP contribution < -0.4 is 10.6 Å². The lowest BCUT2D eigenvalue weighted by atomic mass is 10.2. The van der Waals surface area contributed by atoms with Crippen LogP contribution in [0.3, 0.4) is 0 Å². The van der Waals surface area contributed by atoms with Crippen molar-refractivity contribution < 1.29 is 9.21 Å². The van der Waals surface area contributed by atoms with Crippen LogP contribution in [0.15, 0.2) is 45.3 Å². The predicted octanol–water partition coefficient (Wildman–Crippen LogP) is 3.22. The number of furan rings is 1. The molecule has 1 heterocycles. The molecule has 0 unspecified atom stereocenters. The third-order valence-electron chi connectivity index (χ3n) is 2.50. The van der Waals surface area contributed by atoms with E-state index in [9.17, 15) is 4.79 Å². The van der Waals surface area contributed by atoms with Crippen LogP contribution in [-0.2, 0) is 11.3 Å².